The fraction of sp³-hybridized carbons (Fsp3) is 0.278. The van der Waals surface area contributed by atoms with Gasteiger partial charge in [-0.2, -0.15) is 0 Å². The Hall–Kier alpha value is -4.32. The van der Waals surface area contributed by atoms with Crippen molar-refractivity contribution < 1.29 is 14.6 Å². The van der Waals surface area contributed by atoms with E-state index in [0.29, 0.717) is 65.4 Å². The molecule has 6 rings (SSSR count). The quantitative estimate of drug-likeness (QED) is 0.140. The topological polar surface area (TPSA) is 130 Å². The van der Waals surface area contributed by atoms with Gasteiger partial charge in [0.25, 0.3) is 5.56 Å². The van der Waals surface area contributed by atoms with Crippen molar-refractivity contribution in [3.05, 3.63) is 105 Å². The number of fused-ring (bicyclic) bond motifs is 1. The van der Waals surface area contributed by atoms with E-state index in [0.717, 1.165) is 39.8 Å². The average molecular weight is 688 g/mol. The van der Waals surface area contributed by atoms with Crippen LogP contribution in [0.3, 0.4) is 0 Å². The van der Waals surface area contributed by atoms with Crippen molar-refractivity contribution in [1.82, 2.24) is 30.3 Å². The van der Waals surface area contributed by atoms with Crippen molar-refractivity contribution in [2.45, 2.75) is 45.0 Å². The first-order chi connectivity index (χ1) is 23.2. The Balaban J connectivity index is 1.25. The molecule has 1 saturated heterocycles. The number of aliphatic hydroxyl groups excluding tert-OH is 1. The Labute approximate surface area is 288 Å². The molecule has 0 saturated carbocycles. The third kappa shape index (κ3) is 7.23. The summed E-state index contributed by atoms with van der Waals surface area (Å²) in [6, 6.07) is 19.1. The van der Waals surface area contributed by atoms with E-state index in [1.165, 1.54) is 4.40 Å². The molecule has 48 heavy (non-hydrogen) atoms. The van der Waals surface area contributed by atoms with Crippen LogP contribution in [0.2, 0.25) is 10.0 Å². The van der Waals surface area contributed by atoms with Crippen molar-refractivity contribution in [2.24, 2.45) is 0 Å². The highest BCUT2D eigenvalue weighted by Gasteiger charge is 2.21. The van der Waals surface area contributed by atoms with Crippen LogP contribution >= 0.6 is 23.2 Å². The van der Waals surface area contributed by atoms with E-state index in [4.69, 9.17) is 32.9 Å². The van der Waals surface area contributed by atoms with Gasteiger partial charge in [-0.15, -0.1) is 0 Å². The molecular weight excluding hydrogens is 651 g/mol. The number of nitrogens with one attached hydrogen (secondary N) is 3. The standard InChI is InChI=1S/C36H36Cl2N6O4/c1-21(45)16-39-17-23-9-11-30(43-35(23)48-2)29-8-4-7-28(34(29)38)27-6-3-5-26(33(27)37)22-13-14-44-31(15-22)41-19-24(36(44)47)18-40-20-25-10-12-32(46)42-25/h3-9,11,13-15,19,21,25,39-40,45H,10,12,16-18,20H2,1-2H3,(H,42,46)/t21-,25+/m1/s1. The number of rotatable bonds is 12. The summed E-state index contributed by atoms with van der Waals surface area (Å²) in [6.07, 6.45) is 4.16. The molecule has 10 nitrogen and oxygen atoms in total. The van der Waals surface area contributed by atoms with Gasteiger partial charge in [-0.1, -0.05) is 65.7 Å². The van der Waals surface area contributed by atoms with Gasteiger partial charge in [0, 0.05) is 84.4 Å². The van der Waals surface area contributed by atoms with Crippen LogP contribution in [0.25, 0.3) is 39.2 Å². The second-order valence-corrected chi connectivity index (χ2v) is 12.6. The number of amides is 1. The van der Waals surface area contributed by atoms with Gasteiger partial charge in [0.05, 0.1) is 29.0 Å². The van der Waals surface area contributed by atoms with Crippen molar-refractivity contribution >= 4 is 34.8 Å². The van der Waals surface area contributed by atoms with Crippen molar-refractivity contribution in [3.63, 3.8) is 0 Å². The number of hydrogen-bond donors (Lipinski definition) is 4. The number of halogens is 2. The maximum absolute atomic E-state index is 13.2. The second kappa shape index (κ2) is 14.8. The molecule has 1 fully saturated rings. The summed E-state index contributed by atoms with van der Waals surface area (Å²) in [5.41, 5.74) is 6.17. The first-order valence-electron chi connectivity index (χ1n) is 15.7. The SMILES string of the molecule is COc1nc(-c2cccc(-c3cccc(-c4ccn5c(=O)c(CNC[C@@H]6CCC(=O)N6)cnc5c4)c3Cl)c2Cl)ccc1CNC[C@@H](C)O. The van der Waals surface area contributed by atoms with E-state index < -0.39 is 6.10 Å². The second-order valence-electron chi connectivity index (χ2n) is 11.8. The van der Waals surface area contributed by atoms with Gasteiger partial charge >= 0.3 is 0 Å². The summed E-state index contributed by atoms with van der Waals surface area (Å²) >= 11 is 14.1. The summed E-state index contributed by atoms with van der Waals surface area (Å²) in [6.45, 7) is 3.62. The highest BCUT2D eigenvalue weighted by Crippen LogP contribution is 2.42. The monoisotopic (exact) mass is 686 g/mol. The van der Waals surface area contributed by atoms with Gasteiger partial charge in [-0.05, 0) is 37.1 Å². The van der Waals surface area contributed by atoms with E-state index >= 15 is 0 Å². The molecule has 1 aliphatic heterocycles. The maximum Gasteiger partial charge on any atom is 0.262 e. The number of ether oxygens (including phenoxy) is 1. The molecule has 4 heterocycles. The molecule has 4 N–H and O–H groups in total. The molecule has 5 aromatic rings. The van der Waals surface area contributed by atoms with E-state index in [1.54, 1.807) is 26.4 Å². The van der Waals surface area contributed by atoms with Gasteiger partial charge in [0.15, 0.2) is 0 Å². The lowest BCUT2D eigenvalue weighted by atomic mass is 9.97. The summed E-state index contributed by atoms with van der Waals surface area (Å²) in [4.78, 5) is 34.0. The number of nitrogens with zero attached hydrogens (tertiary/aromatic N) is 3. The number of benzene rings is 2. The lowest BCUT2D eigenvalue weighted by Gasteiger charge is -2.15. The van der Waals surface area contributed by atoms with Crippen LogP contribution in [0.1, 0.15) is 30.9 Å². The largest absolute Gasteiger partial charge is 0.481 e. The number of carbonyl (C=O) groups excluding carboxylic acids is 1. The van der Waals surface area contributed by atoms with Crippen LogP contribution < -0.4 is 26.2 Å². The smallest absolute Gasteiger partial charge is 0.262 e. The molecule has 248 valence electrons. The Bertz CT molecular complexity index is 2030. The maximum atomic E-state index is 13.2. The van der Waals surface area contributed by atoms with Crippen molar-refractivity contribution in [3.8, 4) is 39.4 Å². The Morgan fingerprint density at radius 2 is 1.69 bits per heavy atom. The molecule has 2 aromatic carbocycles. The van der Waals surface area contributed by atoms with E-state index in [1.807, 2.05) is 60.7 Å². The minimum Gasteiger partial charge on any atom is -0.481 e. The average Bonchev–Trinajstić information content (AvgIpc) is 3.50. The van der Waals surface area contributed by atoms with Crippen LogP contribution in [0, 0.1) is 0 Å². The molecule has 2 atom stereocenters. The first kappa shape index (κ1) is 33.6. The van der Waals surface area contributed by atoms with E-state index in [2.05, 4.69) is 20.9 Å². The summed E-state index contributed by atoms with van der Waals surface area (Å²) in [7, 11) is 1.57. The van der Waals surface area contributed by atoms with Crippen molar-refractivity contribution in [1.29, 1.82) is 0 Å². The normalized spacial score (nSPS) is 15.1. The number of pyridine rings is 2. The lowest BCUT2D eigenvalue weighted by molar-refractivity contribution is -0.119. The van der Waals surface area contributed by atoms with Crippen LogP contribution in [-0.2, 0) is 17.9 Å². The van der Waals surface area contributed by atoms with Crippen LogP contribution in [-0.4, -0.2) is 57.7 Å². The molecule has 3 aromatic heterocycles. The third-order valence-corrected chi connectivity index (χ3v) is 9.15. The zero-order valence-electron chi connectivity index (χ0n) is 26.6. The number of hydrogen-bond acceptors (Lipinski definition) is 8. The first-order valence-corrected chi connectivity index (χ1v) is 16.5. The van der Waals surface area contributed by atoms with Crippen molar-refractivity contribution in [2.75, 3.05) is 20.2 Å². The summed E-state index contributed by atoms with van der Waals surface area (Å²) in [5.74, 6) is 0.532. The molecular formula is C36H36Cl2N6O4. The van der Waals surface area contributed by atoms with E-state index in [9.17, 15) is 14.7 Å². The van der Waals surface area contributed by atoms with Gasteiger partial charge in [0.1, 0.15) is 5.65 Å². The molecule has 0 spiro atoms. The molecule has 0 unspecified atom stereocenters. The molecule has 0 bridgehead atoms. The zero-order chi connectivity index (χ0) is 33.8. The van der Waals surface area contributed by atoms with Crippen LogP contribution in [0.4, 0.5) is 0 Å². The predicted molar refractivity (Wildman–Crippen MR) is 188 cm³/mol. The van der Waals surface area contributed by atoms with Crippen LogP contribution in [0.5, 0.6) is 5.88 Å². The Morgan fingerprint density at radius 3 is 2.40 bits per heavy atom. The highest BCUT2D eigenvalue weighted by atomic mass is 35.5. The van der Waals surface area contributed by atoms with Gasteiger partial charge in [0.2, 0.25) is 11.8 Å². The van der Waals surface area contributed by atoms with Gasteiger partial charge < -0.3 is 25.8 Å². The number of methoxy groups -OCH3 is 1. The summed E-state index contributed by atoms with van der Waals surface area (Å²) < 4.78 is 7.09. The van der Waals surface area contributed by atoms with Gasteiger partial charge in [-0.3, -0.25) is 14.0 Å². The molecule has 0 radical (unpaired) electrons. The fourth-order valence-corrected chi connectivity index (χ4v) is 6.52. The molecule has 1 aliphatic rings. The summed E-state index contributed by atoms with van der Waals surface area (Å²) in [5, 5.41) is 19.9. The molecule has 12 heteroatoms. The minimum absolute atomic E-state index is 0.0614. The Morgan fingerprint density at radius 1 is 0.979 bits per heavy atom. The number of carbonyl (C=O) groups is 1. The predicted octanol–water partition coefficient (Wildman–Crippen LogP) is 5.24. The van der Waals surface area contributed by atoms with Crippen LogP contribution in [0.15, 0.2) is 77.9 Å². The highest BCUT2D eigenvalue weighted by molar-refractivity contribution is 6.39. The zero-order valence-corrected chi connectivity index (χ0v) is 28.1. The lowest BCUT2D eigenvalue weighted by Crippen LogP contribution is -2.36. The number of aromatic nitrogens is 3. The number of aliphatic hydroxyl groups is 1. The molecule has 0 aliphatic carbocycles. The molecule has 1 amide bonds. The Kier molecular flexibility index (Phi) is 10.4. The fourth-order valence-electron chi connectivity index (χ4n) is 5.86. The minimum atomic E-state index is -0.460. The third-order valence-electron chi connectivity index (χ3n) is 8.33. The van der Waals surface area contributed by atoms with Gasteiger partial charge in [-0.25, -0.2) is 9.97 Å². The van der Waals surface area contributed by atoms with E-state index in [-0.39, 0.29) is 17.5 Å².